The number of carbonyl (C=O) groups excluding carboxylic acids is 1. The lowest BCUT2D eigenvalue weighted by molar-refractivity contribution is -0.247. The van der Waals surface area contributed by atoms with E-state index in [2.05, 4.69) is 10.3 Å². The first-order valence-corrected chi connectivity index (χ1v) is 9.97. The van der Waals surface area contributed by atoms with Crippen LogP contribution in [0, 0.1) is 5.41 Å². The van der Waals surface area contributed by atoms with Gasteiger partial charge in [-0.25, -0.2) is 9.98 Å². The van der Waals surface area contributed by atoms with Gasteiger partial charge in [-0.1, -0.05) is 11.6 Å². The van der Waals surface area contributed by atoms with Crippen LogP contribution in [-0.2, 0) is 15.0 Å². The van der Waals surface area contributed by atoms with Crippen molar-refractivity contribution in [3.8, 4) is 5.75 Å². The van der Waals surface area contributed by atoms with Crippen molar-refractivity contribution < 1.29 is 24.5 Å². The Kier molecular flexibility index (Phi) is 4.88. The summed E-state index contributed by atoms with van der Waals surface area (Å²) >= 11 is 5.85. The van der Waals surface area contributed by atoms with Crippen LogP contribution in [0.25, 0.3) is 0 Å². The largest absolute Gasteiger partial charge is 0.487 e. The van der Waals surface area contributed by atoms with E-state index in [-0.39, 0.29) is 29.7 Å². The number of anilines is 1. The summed E-state index contributed by atoms with van der Waals surface area (Å²) in [7, 11) is 0. The van der Waals surface area contributed by atoms with E-state index in [1.807, 2.05) is 26.0 Å². The monoisotopic (exact) mass is 446 g/mol. The summed E-state index contributed by atoms with van der Waals surface area (Å²) in [6, 6.07) is 8.82. The Hall–Kier alpha value is -2.88. The third kappa shape index (κ3) is 2.95. The van der Waals surface area contributed by atoms with Crippen molar-refractivity contribution in [3.63, 3.8) is 0 Å². The second-order valence-corrected chi connectivity index (χ2v) is 8.75. The molecule has 1 aromatic carbocycles. The summed E-state index contributed by atoms with van der Waals surface area (Å²) in [6.45, 7) is 5.31. The van der Waals surface area contributed by atoms with Crippen LogP contribution >= 0.6 is 11.6 Å². The number of hydrogen-bond donors (Lipinski definition) is 2. The molecule has 4 heterocycles. The lowest BCUT2D eigenvalue weighted by atomic mass is 9.55. The number of ether oxygens (including phenoxy) is 3. The van der Waals surface area contributed by atoms with Crippen molar-refractivity contribution >= 4 is 29.2 Å². The molecule has 0 aliphatic carbocycles. The molecule has 1 aromatic heterocycles. The number of halogens is 1. The van der Waals surface area contributed by atoms with Gasteiger partial charge in [0.2, 0.25) is 0 Å². The van der Waals surface area contributed by atoms with Gasteiger partial charge >= 0.3 is 0 Å². The molecule has 5 rings (SSSR count). The summed E-state index contributed by atoms with van der Waals surface area (Å²) in [5.41, 5.74) is 5.88. The number of aliphatic imine (C=N–C) groups is 1. The fraction of sp³-hybridized carbons (Fsp3) is 0.381. The second-order valence-electron chi connectivity index (χ2n) is 8.31. The van der Waals surface area contributed by atoms with Crippen molar-refractivity contribution in [1.29, 1.82) is 0 Å². The van der Waals surface area contributed by atoms with Crippen molar-refractivity contribution in [2.75, 3.05) is 25.1 Å². The van der Waals surface area contributed by atoms with Gasteiger partial charge in [-0.2, -0.15) is 0 Å². The van der Waals surface area contributed by atoms with Gasteiger partial charge < -0.3 is 30.7 Å². The summed E-state index contributed by atoms with van der Waals surface area (Å²) in [5, 5.41) is 3.34. The molecule has 10 heteroatoms. The van der Waals surface area contributed by atoms with Gasteiger partial charge in [0.05, 0.1) is 23.7 Å². The number of carbonyl (C=O) groups is 1. The van der Waals surface area contributed by atoms with Gasteiger partial charge in [-0.3, -0.25) is 4.79 Å². The fourth-order valence-corrected chi connectivity index (χ4v) is 4.67. The summed E-state index contributed by atoms with van der Waals surface area (Å²) in [6.07, 6.45) is 1.43. The van der Waals surface area contributed by atoms with Crippen LogP contribution in [-0.4, -0.2) is 47.8 Å². The molecular formula is C21H23ClN4O5. The molecule has 2 spiro atoms. The SMILES string of the molecule is CC1(C)Oc2ccc(NC(=O)c3ccc(Cl)cn3)cc2[C@]2(COC(N)=N2)C12COC2.O. The number of amidine groups is 1. The van der Waals surface area contributed by atoms with E-state index in [0.717, 1.165) is 5.56 Å². The third-order valence-electron chi connectivity index (χ3n) is 6.38. The highest BCUT2D eigenvalue weighted by molar-refractivity contribution is 6.30. The van der Waals surface area contributed by atoms with E-state index in [0.29, 0.717) is 29.7 Å². The molecule has 5 N–H and O–H groups in total. The van der Waals surface area contributed by atoms with E-state index in [1.165, 1.54) is 6.20 Å². The van der Waals surface area contributed by atoms with Crippen LogP contribution in [0.4, 0.5) is 5.69 Å². The fourth-order valence-electron chi connectivity index (χ4n) is 4.56. The zero-order chi connectivity index (χ0) is 21.1. The average Bonchev–Trinajstić information content (AvgIpc) is 3.03. The number of nitrogens with one attached hydrogen (secondary N) is 1. The molecule has 3 aliphatic heterocycles. The Morgan fingerprint density at radius 2 is 1.97 bits per heavy atom. The van der Waals surface area contributed by atoms with Gasteiger partial charge in [0.15, 0.2) is 0 Å². The van der Waals surface area contributed by atoms with Gasteiger partial charge in [0.1, 0.15) is 29.2 Å². The van der Waals surface area contributed by atoms with Gasteiger partial charge in [-0.15, -0.1) is 0 Å². The zero-order valence-electron chi connectivity index (χ0n) is 17.1. The van der Waals surface area contributed by atoms with Crippen LogP contribution in [0.1, 0.15) is 29.9 Å². The molecule has 31 heavy (non-hydrogen) atoms. The Balaban J connectivity index is 0.00000231. The molecule has 9 nitrogen and oxygen atoms in total. The minimum Gasteiger partial charge on any atom is -0.487 e. The van der Waals surface area contributed by atoms with Crippen molar-refractivity contribution in [2.45, 2.75) is 25.0 Å². The first-order chi connectivity index (χ1) is 14.3. The predicted molar refractivity (Wildman–Crippen MR) is 114 cm³/mol. The molecule has 1 saturated heterocycles. The Labute approximate surface area is 183 Å². The quantitative estimate of drug-likeness (QED) is 0.721. The molecule has 1 amide bonds. The zero-order valence-corrected chi connectivity index (χ0v) is 17.8. The number of hydrogen-bond acceptors (Lipinski definition) is 7. The lowest BCUT2D eigenvalue weighted by Gasteiger charge is -2.61. The third-order valence-corrected chi connectivity index (χ3v) is 6.60. The molecular weight excluding hydrogens is 424 g/mol. The van der Waals surface area contributed by atoms with Crippen molar-refractivity contribution in [1.82, 2.24) is 4.98 Å². The van der Waals surface area contributed by atoms with Gasteiger partial charge in [0.25, 0.3) is 11.9 Å². The van der Waals surface area contributed by atoms with Crippen LogP contribution in [0.15, 0.2) is 41.5 Å². The number of nitrogens with zero attached hydrogens (tertiary/aromatic N) is 2. The highest BCUT2D eigenvalue weighted by Gasteiger charge is 2.71. The Morgan fingerprint density at radius 3 is 2.55 bits per heavy atom. The maximum absolute atomic E-state index is 12.6. The first-order valence-electron chi connectivity index (χ1n) is 9.59. The summed E-state index contributed by atoms with van der Waals surface area (Å²) in [5.74, 6) is 0.340. The maximum atomic E-state index is 12.6. The van der Waals surface area contributed by atoms with Crippen LogP contribution in [0.3, 0.4) is 0 Å². The number of pyridine rings is 1. The van der Waals surface area contributed by atoms with Crippen LogP contribution in [0.2, 0.25) is 5.02 Å². The standard InChI is InChI=1S/C21H21ClN4O4.H2O/c1-19(2)20(9-28-10-20)21(11-29-18(23)26-21)14-7-13(4-6-16(14)30-19)25-17(27)15-5-3-12(22)8-24-15;/h3-8H,9-11H2,1-2H3,(H2,23,26)(H,25,27);1H2/t21-;/m1./s1. The van der Waals surface area contributed by atoms with Crippen LogP contribution in [0.5, 0.6) is 5.75 Å². The summed E-state index contributed by atoms with van der Waals surface area (Å²) < 4.78 is 17.6. The highest BCUT2D eigenvalue weighted by Crippen LogP contribution is 2.62. The molecule has 2 aromatic rings. The van der Waals surface area contributed by atoms with Crippen molar-refractivity contribution in [2.24, 2.45) is 16.1 Å². The Bertz CT molecular complexity index is 1070. The Morgan fingerprint density at radius 1 is 1.19 bits per heavy atom. The van der Waals surface area contributed by atoms with E-state index in [4.69, 9.17) is 36.5 Å². The number of fused-ring (bicyclic) bond motifs is 3. The molecule has 0 unspecified atom stereocenters. The number of aromatic nitrogens is 1. The number of nitrogens with two attached hydrogens (primary N) is 1. The topological polar surface area (TPSA) is 140 Å². The molecule has 0 bridgehead atoms. The van der Waals surface area contributed by atoms with E-state index < -0.39 is 16.6 Å². The van der Waals surface area contributed by atoms with Crippen molar-refractivity contribution in [3.05, 3.63) is 52.8 Å². The summed E-state index contributed by atoms with van der Waals surface area (Å²) in [4.78, 5) is 21.4. The molecule has 1 atom stereocenters. The molecule has 3 aliphatic rings. The number of rotatable bonds is 2. The number of amides is 1. The van der Waals surface area contributed by atoms with E-state index >= 15 is 0 Å². The van der Waals surface area contributed by atoms with Gasteiger partial charge in [0, 0.05) is 17.4 Å². The molecule has 0 radical (unpaired) electrons. The van der Waals surface area contributed by atoms with Crippen LogP contribution < -0.4 is 15.8 Å². The number of benzene rings is 1. The van der Waals surface area contributed by atoms with Gasteiger partial charge in [-0.05, 0) is 44.2 Å². The van der Waals surface area contributed by atoms with E-state index in [1.54, 1.807) is 18.2 Å². The first kappa shape index (κ1) is 21.4. The lowest BCUT2D eigenvalue weighted by Crippen LogP contribution is -2.71. The second kappa shape index (κ2) is 7.08. The minimum atomic E-state index is -0.758. The maximum Gasteiger partial charge on any atom is 0.283 e. The normalized spacial score (nSPS) is 24.2. The molecule has 0 saturated carbocycles. The predicted octanol–water partition coefficient (Wildman–Crippen LogP) is 1.89. The molecule has 164 valence electrons. The molecule has 1 fully saturated rings. The van der Waals surface area contributed by atoms with E-state index in [9.17, 15) is 4.79 Å². The smallest absolute Gasteiger partial charge is 0.283 e. The average molecular weight is 447 g/mol. The minimum absolute atomic E-state index is 0. The highest BCUT2D eigenvalue weighted by atomic mass is 35.5.